The average Bonchev–Trinajstić information content (AvgIpc) is 2.87. The number of hydrogen-bond acceptors (Lipinski definition) is 2. The Bertz CT molecular complexity index is 371. The molecule has 1 aromatic heterocycles. The summed E-state index contributed by atoms with van der Waals surface area (Å²) in [5, 5.41) is 8.31. The maximum absolute atomic E-state index is 4.60. The van der Waals surface area contributed by atoms with Crippen LogP contribution in [0.15, 0.2) is 6.07 Å². The van der Waals surface area contributed by atoms with E-state index in [1.807, 2.05) is 0 Å². The summed E-state index contributed by atoms with van der Waals surface area (Å²) in [5.41, 5.74) is 2.56. The van der Waals surface area contributed by atoms with E-state index in [1.165, 1.54) is 62.8 Å². The maximum Gasteiger partial charge on any atom is 0.0625 e. The largest absolute Gasteiger partial charge is 0.309 e. The van der Waals surface area contributed by atoms with Gasteiger partial charge < -0.3 is 5.32 Å². The second-order valence-corrected chi connectivity index (χ2v) is 6.10. The molecule has 3 heteroatoms. The first-order chi connectivity index (χ1) is 10.2. The Morgan fingerprint density at radius 1 is 1.05 bits per heavy atom. The van der Waals surface area contributed by atoms with E-state index in [-0.39, 0.29) is 0 Å². The van der Waals surface area contributed by atoms with Gasteiger partial charge in [0.1, 0.15) is 0 Å². The molecule has 0 aliphatic carbocycles. The lowest BCUT2D eigenvalue weighted by Gasteiger charge is -2.18. The molecular weight excluding hydrogens is 258 g/mol. The number of rotatable bonds is 12. The summed E-state index contributed by atoms with van der Waals surface area (Å²) < 4.78 is 2.07. The minimum Gasteiger partial charge on any atom is -0.309 e. The lowest BCUT2D eigenvalue weighted by Crippen LogP contribution is -2.24. The lowest BCUT2D eigenvalue weighted by molar-refractivity contribution is 0.443. The summed E-state index contributed by atoms with van der Waals surface area (Å²) in [6.45, 7) is 7.77. The van der Waals surface area contributed by atoms with Crippen molar-refractivity contribution in [3.05, 3.63) is 17.5 Å². The van der Waals surface area contributed by atoms with Crippen LogP contribution in [0.5, 0.6) is 0 Å². The highest BCUT2D eigenvalue weighted by Crippen LogP contribution is 2.21. The summed E-state index contributed by atoms with van der Waals surface area (Å²) in [7, 11) is 2.08. The van der Waals surface area contributed by atoms with Gasteiger partial charge in [-0.3, -0.25) is 4.68 Å². The normalized spacial score (nSPS) is 12.8. The van der Waals surface area contributed by atoms with Gasteiger partial charge in [0.05, 0.1) is 11.4 Å². The van der Waals surface area contributed by atoms with Crippen molar-refractivity contribution in [3.63, 3.8) is 0 Å². The van der Waals surface area contributed by atoms with Crippen molar-refractivity contribution in [2.24, 2.45) is 7.05 Å². The first kappa shape index (κ1) is 18.2. The SMILES string of the molecule is CCCCCCCCC(NCCC)c1cc(CC)nn1C. The topological polar surface area (TPSA) is 29.9 Å². The molecule has 1 aromatic rings. The van der Waals surface area contributed by atoms with Crippen molar-refractivity contribution in [2.45, 2.75) is 84.6 Å². The van der Waals surface area contributed by atoms with Crippen LogP contribution >= 0.6 is 0 Å². The van der Waals surface area contributed by atoms with Crippen LogP contribution in [-0.4, -0.2) is 16.3 Å². The third-order valence-corrected chi connectivity index (χ3v) is 4.17. The van der Waals surface area contributed by atoms with Gasteiger partial charge in [-0.15, -0.1) is 0 Å². The molecule has 0 aliphatic rings. The number of nitrogens with one attached hydrogen (secondary N) is 1. The molecule has 0 bridgehead atoms. The summed E-state index contributed by atoms with van der Waals surface area (Å²) in [5.74, 6) is 0. The van der Waals surface area contributed by atoms with Crippen LogP contribution in [0.1, 0.15) is 89.6 Å². The Labute approximate surface area is 131 Å². The van der Waals surface area contributed by atoms with E-state index >= 15 is 0 Å². The predicted molar refractivity (Wildman–Crippen MR) is 91.6 cm³/mol. The van der Waals surface area contributed by atoms with Crippen LogP contribution in [0.3, 0.4) is 0 Å². The van der Waals surface area contributed by atoms with Crippen LogP contribution in [0.4, 0.5) is 0 Å². The Balaban J connectivity index is 2.48. The maximum atomic E-state index is 4.60. The quantitative estimate of drug-likeness (QED) is 0.562. The monoisotopic (exact) mass is 293 g/mol. The van der Waals surface area contributed by atoms with Gasteiger partial charge >= 0.3 is 0 Å². The van der Waals surface area contributed by atoms with Crippen molar-refractivity contribution < 1.29 is 0 Å². The van der Waals surface area contributed by atoms with Crippen LogP contribution in [0, 0.1) is 0 Å². The number of hydrogen-bond donors (Lipinski definition) is 1. The third-order valence-electron chi connectivity index (χ3n) is 4.17. The Morgan fingerprint density at radius 2 is 1.76 bits per heavy atom. The molecule has 3 nitrogen and oxygen atoms in total. The highest BCUT2D eigenvalue weighted by atomic mass is 15.3. The van der Waals surface area contributed by atoms with Crippen molar-refractivity contribution in [2.75, 3.05) is 6.54 Å². The van der Waals surface area contributed by atoms with E-state index < -0.39 is 0 Å². The van der Waals surface area contributed by atoms with Crippen molar-refractivity contribution >= 4 is 0 Å². The fraction of sp³-hybridized carbons (Fsp3) is 0.833. The fourth-order valence-electron chi connectivity index (χ4n) is 2.84. The standard InChI is InChI=1S/C18H35N3/c1-5-8-9-10-11-12-13-17(19-14-6-2)18-15-16(7-3)20-21(18)4/h15,17,19H,5-14H2,1-4H3. The van der Waals surface area contributed by atoms with E-state index in [9.17, 15) is 0 Å². The van der Waals surface area contributed by atoms with Crippen LogP contribution in [0.2, 0.25) is 0 Å². The van der Waals surface area contributed by atoms with E-state index in [2.05, 4.69) is 49.0 Å². The summed E-state index contributed by atoms with van der Waals surface area (Å²) in [4.78, 5) is 0. The Hall–Kier alpha value is -0.830. The third kappa shape index (κ3) is 6.64. The lowest BCUT2D eigenvalue weighted by atomic mass is 10.0. The molecule has 1 N–H and O–H groups in total. The highest BCUT2D eigenvalue weighted by Gasteiger charge is 2.15. The van der Waals surface area contributed by atoms with Gasteiger partial charge in [0.2, 0.25) is 0 Å². The minimum absolute atomic E-state index is 0.467. The molecule has 21 heavy (non-hydrogen) atoms. The van der Waals surface area contributed by atoms with Crippen LogP contribution in [-0.2, 0) is 13.5 Å². The van der Waals surface area contributed by atoms with Gasteiger partial charge in [0.15, 0.2) is 0 Å². The summed E-state index contributed by atoms with van der Waals surface area (Å²) in [6.07, 6.45) is 11.6. The molecule has 0 radical (unpaired) electrons. The summed E-state index contributed by atoms with van der Waals surface area (Å²) in [6, 6.07) is 2.75. The first-order valence-electron chi connectivity index (χ1n) is 8.99. The van der Waals surface area contributed by atoms with E-state index in [1.54, 1.807) is 0 Å². The molecular formula is C18H35N3. The number of aromatic nitrogens is 2. The second kappa shape index (κ2) is 10.8. The molecule has 1 atom stereocenters. The number of aryl methyl sites for hydroxylation is 2. The van der Waals surface area contributed by atoms with Gasteiger partial charge in [0, 0.05) is 13.1 Å². The Kier molecular flexibility index (Phi) is 9.40. The molecule has 1 unspecified atom stereocenters. The molecule has 1 rings (SSSR count). The van der Waals surface area contributed by atoms with Gasteiger partial charge in [-0.05, 0) is 31.9 Å². The molecule has 0 aromatic carbocycles. The minimum atomic E-state index is 0.467. The van der Waals surface area contributed by atoms with Crippen LogP contribution in [0.25, 0.3) is 0 Å². The van der Waals surface area contributed by atoms with Crippen molar-refractivity contribution in [1.82, 2.24) is 15.1 Å². The van der Waals surface area contributed by atoms with Crippen LogP contribution < -0.4 is 5.32 Å². The molecule has 0 aliphatic heterocycles. The second-order valence-electron chi connectivity index (χ2n) is 6.10. The van der Waals surface area contributed by atoms with E-state index in [0.29, 0.717) is 6.04 Å². The molecule has 1 heterocycles. The molecule has 0 amide bonds. The zero-order chi connectivity index (χ0) is 15.5. The molecule has 0 spiro atoms. The highest BCUT2D eigenvalue weighted by molar-refractivity contribution is 5.14. The van der Waals surface area contributed by atoms with Crippen molar-refractivity contribution in [1.29, 1.82) is 0 Å². The number of unbranched alkanes of at least 4 members (excludes halogenated alkanes) is 5. The van der Waals surface area contributed by atoms with Crippen molar-refractivity contribution in [3.8, 4) is 0 Å². The average molecular weight is 293 g/mol. The molecule has 0 saturated carbocycles. The molecule has 0 saturated heterocycles. The molecule has 122 valence electrons. The smallest absolute Gasteiger partial charge is 0.0625 e. The zero-order valence-electron chi connectivity index (χ0n) is 14.6. The van der Waals surface area contributed by atoms with E-state index in [0.717, 1.165) is 13.0 Å². The van der Waals surface area contributed by atoms with Gasteiger partial charge in [-0.2, -0.15) is 5.10 Å². The Morgan fingerprint density at radius 3 is 2.38 bits per heavy atom. The fourth-order valence-corrected chi connectivity index (χ4v) is 2.84. The first-order valence-corrected chi connectivity index (χ1v) is 8.99. The predicted octanol–water partition coefficient (Wildman–Crippen LogP) is 4.77. The summed E-state index contributed by atoms with van der Waals surface area (Å²) >= 11 is 0. The van der Waals surface area contributed by atoms with Gasteiger partial charge in [-0.25, -0.2) is 0 Å². The number of nitrogens with zero attached hydrogens (tertiary/aromatic N) is 2. The van der Waals surface area contributed by atoms with E-state index in [4.69, 9.17) is 0 Å². The zero-order valence-corrected chi connectivity index (χ0v) is 14.6. The van der Waals surface area contributed by atoms with Gasteiger partial charge in [-0.1, -0.05) is 59.3 Å². The van der Waals surface area contributed by atoms with Gasteiger partial charge in [0.25, 0.3) is 0 Å². The molecule has 0 fully saturated rings.